The van der Waals surface area contributed by atoms with E-state index in [1.165, 1.54) is 6.33 Å². The number of hydrazine groups is 1. The molecule has 5 nitrogen and oxygen atoms in total. The van der Waals surface area contributed by atoms with Crippen molar-refractivity contribution in [2.24, 2.45) is 5.84 Å². The van der Waals surface area contributed by atoms with Gasteiger partial charge in [0.15, 0.2) is 5.82 Å². The maximum Gasteiger partial charge on any atom is 0.233 e. The molecule has 0 saturated heterocycles. The highest BCUT2D eigenvalue weighted by molar-refractivity contribution is 9.10. The van der Waals surface area contributed by atoms with Crippen molar-refractivity contribution in [3.05, 3.63) is 23.5 Å². The van der Waals surface area contributed by atoms with E-state index < -0.39 is 0 Å². The van der Waals surface area contributed by atoms with Crippen LogP contribution in [0.2, 0.25) is 0 Å². The summed E-state index contributed by atoms with van der Waals surface area (Å²) in [6.45, 7) is 4.22. The summed E-state index contributed by atoms with van der Waals surface area (Å²) >= 11 is 3.30. The molecule has 1 heterocycles. The van der Waals surface area contributed by atoms with E-state index in [2.05, 4.69) is 37.9 Å². The second kappa shape index (κ2) is 6.36. The summed E-state index contributed by atoms with van der Waals surface area (Å²) in [6.07, 6.45) is 5.07. The summed E-state index contributed by atoms with van der Waals surface area (Å²) in [5.74, 6) is 6.25. The van der Waals surface area contributed by atoms with Crippen molar-refractivity contribution in [1.29, 1.82) is 0 Å². The third kappa shape index (κ3) is 3.49. The lowest BCUT2D eigenvalue weighted by Crippen LogP contribution is -2.10. The number of unbranched alkanes of at least 4 members (excludes halogenated alkanes) is 1. The number of hydrogen-bond acceptors (Lipinski definition) is 5. The molecule has 1 rings (SSSR count). The Labute approximate surface area is 96.8 Å². The number of halogens is 1. The zero-order chi connectivity index (χ0) is 11.1. The summed E-state index contributed by atoms with van der Waals surface area (Å²) in [7, 11) is 0. The Morgan fingerprint density at radius 1 is 1.60 bits per heavy atom. The van der Waals surface area contributed by atoms with Crippen LogP contribution < -0.4 is 16.0 Å². The molecule has 6 heteroatoms. The van der Waals surface area contributed by atoms with Crippen LogP contribution in [-0.4, -0.2) is 16.6 Å². The van der Waals surface area contributed by atoms with Crippen LogP contribution in [0.15, 0.2) is 23.5 Å². The number of nitrogen functional groups attached to an aromatic ring is 1. The van der Waals surface area contributed by atoms with E-state index in [1.54, 1.807) is 0 Å². The van der Waals surface area contributed by atoms with Gasteiger partial charge in [0.25, 0.3) is 0 Å². The van der Waals surface area contributed by atoms with Crippen LogP contribution in [-0.2, 0) is 0 Å². The standard InChI is InChI=1S/C9H13BrN4O/c1-2-3-4-5-15-9-7(10)8(14-11)12-6-13-9/h2,6H,1,3-5,11H2,(H,12,13,14). The van der Waals surface area contributed by atoms with Crippen LogP contribution >= 0.6 is 15.9 Å². The number of aromatic nitrogens is 2. The molecular formula is C9H13BrN4O. The Balaban J connectivity index is 2.56. The average molecular weight is 273 g/mol. The summed E-state index contributed by atoms with van der Waals surface area (Å²) < 4.78 is 6.07. The Morgan fingerprint density at radius 3 is 3.07 bits per heavy atom. The molecular weight excluding hydrogens is 260 g/mol. The smallest absolute Gasteiger partial charge is 0.233 e. The van der Waals surface area contributed by atoms with Crippen LogP contribution in [0.3, 0.4) is 0 Å². The molecule has 0 unspecified atom stereocenters. The Hall–Kier alpha value is -1.14. The summed E-state index contributed by atoms with van der Waals surface area (Å²) in [5.41, 5.74) is 2.44. The number of rotatable bonds is 6. The first-order valence-corrected chi connectivity index (χ1v) is 5.29. The molecule has 0 aliphatic carbocycles. The summed E-state index contributed by atoms with van der Waals surface area (Å²) in [6, 6.07) is 0. The third-order valence-electron chi connectivity index (χ3n) is 1.69. The van der Waals surface area contributed by atoms with Gasteiger partial charge in [-0.05, 0) is 28.8 Å². The van der Waals surface area contributed by atoms with Crippen molar-refractivity contribution in [2.45, 2.75) is 12.8 Å². The van der Waals surface area contributed by atoms with Gasteiger partial charge in [0.05, 0.1) is 6.61 Å². The van der Waals surface area contributed by atoms with Crippen LogP contribution in [0.25, 0.3) is 0 Å². The molecule has 0 aliphatic heterocycles. The number of hydrogen-bond donors (Lipinski definition) is 2. The zero-order valence-corrected chi connectivity index (χ0v) is 9.83. The van der Waals surface area contributed by atoms with Crippen molar-refractivity contribution >= 4 is 21.7 Å². The first-order chi connectivity index (χ1) is 7.29. The van der Waals surface area contributed by atoms with Crippen molar-refractivity contribution in [1.82, 2.24) is 9.97 Å². The van der Waals surface area contributed by atoms with E-state index in [-0.39, 0.29) is 0 Å². The van der Waals surface area contributed by atoms with Crippen molar-refractivity contribution in [3.63, 3.8) is 0 Å². The van der Waals surface area contributed by atoms with Crippen molar-refractivity contribution < 1.29 is 4.74 Å². The van der Waals surface area contributed by atoms with Gasteiger partial charge in [-0.2, -0.15) is 0 Å². The Kier molecular flexibility index (Phi) is 5.06. The monoisotopic (exact) mass is 272 g/mol. The van der Waals surface area contributed by atoms with Gasteiger partial charge in [0.1, 0.15) is 10.8 Å². The number of nitrogens with two attached hydrogens (primary N) is 1. The average Bonchev–Trinajstić information content (AvgIpc) is 2.26. The number of anilines is 1. The minimum Gasteiger partial charge on any atom is -0.477 e. The molecule has 15 heavy (non-hydrogen) atoms. The summed E-state index contributed by atoms with van der Waals surface area (Å²) in [5, 5.41) is 0. The van der Waals surface area contributed by atoms with Gasteiger partial charge >= 0.3 is 0 Å². The molecule has 0 spiro atoms. The van der Waals surface area contributed by atoms with Crippen LogP contribution in [0.5, 0.6) is 5.88 Å². The van der Waals surface area contributed by atoms with Gasteiger partial charge in [0, 0.05) is 0 Å². The number of ether oxygens (including phenoxy) is 1. The molecule has 1 aromatic rings. The van der Waals surface area contributed by atoms with E-state index in [9.17, 15) is 0 Å². The fourth-order valence-corrected chi connectivity index (χ4v) is 1.39. The highest BCUT2D eigenvalue weighted by Crippen LogP contribution is 2.27. The maximum absolute atomic E-state index is 5.44. The molecule has 0 bridgehead atoms. The molecule has 0 aliphatic rings. The van der Waals surface area contributed by atoms with Crippen LogP contribution in [0.4, 0.5) is 5.82 Å². The SMILES string of the molecule is C=CCCCOc1ncnc(NN)c1Br. The van der Waals surface area contributed by atoms with Gasteiger partial charge in [0.2, 0.25) is 5.88 Å². The number of allylic oxidation sites excluding steroid dienone is 1. The normalized spacial score (nSPS) is 9.73. The van der Waals surface area contributed by atoms with Gasteiger partial charge in [-0.3, -0.25) is 0 Å². The molecule has 0 atom stereocenters. The minimum absolute atomic E-state index is 0.488. The summed E-state index contributed by atoms with van der Waals surface area (Å²) in [4.78, 5) is 7.89. The molecule has 0 radical (unpaired) electrons. The van der Waals surface area contributed by atoms with E-state index in [1.807, 2.05) is 6.08 Å². The van der Waals surface area contributed by atoms with E-state index >= 15 is 0 Å². The number of nitrogens with zero attached hydrogens (tertiary/aromatic N) is 2. The molecule has 0 fully saturated rings. The van der Waals surface area contributed by atoms with Crippen molar-refractivity contribution in [3.8, 4) is 5.88 Å². The first-order valence-electron chi connectivity index (χ1n) is 4.50. The van der Waals surface area contributed by atoms with E-state index in [0.29, 0.717) is 22.8 Å². The maximum atomic E-state index is 5.44. The third-order valence-corrected chi connectivity index (χ3v) is 2.40. The lowest BCUT2D eigenvalue weighted by Gasteiger charge is -2.08. The van der Waals surface area contributed by atoms with Crippen LogP contribution in [0, 0.1) is 0 Å². The van der Waals surface area contributed by atoms with E-state index in [0.717, 1.165) is 12.8 Å². The first kappa shape index (κ1) is 11.9. The highest BCUT2D eigenvalue weighted by Gasteiger charge is 2.07. The Morgan fingerprint density at radius 2 is 2.40 bits per heavy atom. The van der Waals surface area contributed by atoms with Crippen molar-refractivity contribution in [2.75, 3.05) is 12.0 Å². The topological polar surface area (TPSA) is 73.1 Å². The second-order valence-corrected chi connectivity index (χ2v) is 3.56. The van der Waals surface area contributed by atoms with Gasteiger partial charge in [-0.1, -0.05) is 6.08 Å². The second-order valence-electron chi connectivity index (χ2n) is 2.77. The fourth-order valence-electron chi connectivity index (χ4n) is 0.951. The molecule has 3 N–H and O–H groups in total. The quantitative estimate of drug-likeness (QED) is 0.358. The van der Waals surface area contributed by atoms with E-state index in [4.69, 9.17) is 10.6 Å². The van der Waals surface area contributed by atoms with Crippen LogP contribution in [0.1, 0.15) is 12.8 Å². The fraction of sp³-hybridized carbons (Fsp3) is 0.333. The minimum atomic E-state index is 0.488. The van der Waals surface area contributed by atoms with Gasteiger partial charge in [-0.25, -0.2) is 15.8 Å². The molecule has 1 aromatic heterocycles. The Bertz CT molecular complexity index is 332. The predicted octanol–water partition coefficient (Wildman–Crippen LogP) is 1.87. The van der Waals surface area contributed by atoms with Gasteiger partial charge in [-0.15, -0.1) is 6.58 Å². The lowest BCUT2D eigenvalue weighted by molar-refractivity contribution is 0.298. The molecule has 82 valence electrons. The zero-order valence-electron chi connectivity index (χ0n) is 8.24. The predicted molar refractivity (Wildman–Crippen MR) is 62.5 cm³/mol. The van der Waals surface area contributed by atoms with Gasteiger partial charge < -0.3 is 10.2 Å². The number of nitrogens with one attached hydrogen (secondary N) is 1. The molecule has 0 amide bonds. The largest absolute Gasteiger partial charge is 0.477 e. The molecule has 0 saturated carbocycles. The lowest BCUT2D eigenvalue weighted by atomic mass is 10.3. The molecule has 0 aromatic carbocycles. The highest BCUT2D eigenvalue weighted by atomic mass is 79.9.